The molecule has 0 aromatic carbocycles. The number of carbonyl (C=O) groups is 2. The van der Waals surface area contributed by atoms with E-state index >= 15 is 0 Å². The van der Waals surface area contributed by atoms with Crippen LogP contribution >= 0.6 is 0 Å². The van der Waals surface area contributed by atoms with Crippen molar-refractivity contribution in [2.24, 2.45) is 35.0 Å². The summed E-state index contributed by atoms with van der Waals surface area (Å²) >= 11 is 0. The number of rotatable bonds is 15. The second-order valence-corrected chi connectivity index (χ2v) is 12.0. The van der Waals surface area contributed by atoms with Crippen LogP contribution in [-0.4, -0.2) is 48.6 Å². The molecule has 6 nitrogen and oxygen atoms in total. The van der Waals surface area contributed by atoms with Crippen molar-refractivity contribution in [1.82, 2.24) is 0 Å². The van der Waals surface area contributed by atoms with E-state index in [1.54, 1.807) is 13.8 Å². The molecule has 0 spiro atoms. The molecular weight excluding hydrogens is 456 g/mol. The highest BCUT2D eigenvalue weighted by Gasteiger charge is 2.34. The van der Waals surface area contributed by atoms with Crippen molar-refractivity contribution < 1.29 is 29.3 Å². The summed E-state index contributed by atoms with van der Waals surface area (Å²) in [5, 5.41) is 18.5. The summed E-state index contributed by atoms with van der Waals surface area (Å²) in [6.07, 6.45) is 16.0. The SMILES string of the molecule is C=C(CO)C(=O)OCCC(CCOC(=O)C(C)(C)CO)C1CCC(C2CCC(CCCC)CC2)CC1. The molecule has 1 unspecified atom stereocenters. The van der Waals surface area contributed by atoms with Gasteiger partial charge in [0.15, 0.2) is 0 Å². The van der Waals surface area contributed by atoms with Gasteiger partial charge in [0, 0.05) is 0 Å². The standard InChI is InChI=1S/C30H52O6/c1-5-6-7-23-8-10-24(11-9-23)25-12-14-26(15-13-25)27(16-18-35-28(33)22(2)20-31)17-19-36-29(34)30(3,4)21-32/h23-27,31-32H,2,5-21H2,1,3-4H3. The van der Waals surface area contributed by atoms with Crippen LogP contribution < -0.4 is 0 Å². The predicted molar refractivity (Wildman–Crippen MR) is 142 cm³/mol. The number of hydrogen-bond donors (Lipinski definition) is 2. The average Bonchev–Trinajstić information content (AvgIpc) is 2.90. The van der Waals surface area contributed by atoms with Crippen LogP contribution in [0.3, 0.4) is 0 Å². The van der Waals surface area contributed by atoms with E-state index in [1.165, 1.54) is 70.6 Å². The summed E-state index contributed by atoms with van der Waals surface area (Å²) in [5.41, 5.74) is -0.833. The fourth-order valence-electron chi connectivity index (χ4n) is 6.18. The van der Waals surface area contributed by atoms with E-state index < -0.39 is 18.0 Å². The first-order chi connectivity index (χ1) is 17.2. The van der Waals surface area contributed by atoms with Gasteiger partial charge in [0.1, 0.15) is 0 Å². The highest BCUT2D eigenvalue weighted by atomic mass is 16.5. The van der Waals surface area contributed by atoms with Crippen LogP contribution in [0.4, 0.5) is 0 Å². The quantitative estimate of drug-likeness (QED) is 0.213. The highest BCUT2D eigenvalue weighted by molar-refractivity contribution is 5.87. The second kappa shape index (κ2) is 15.8. The van der Waals surface area contributed by atoms with Crippen LogP contribution in [0.5, 0.6) is 0 Å². The van der Waals surface area contributed by atoms with Crippen LogP contribution in [0.25, 0.3) is 0 Å². The third kappa shape index (κ3) is 9.81. The number of unbranched alkanes of at least 4 members (excludes halogenated alkanes) is 1. The number of esters is 2. The third-order valence-electron chi connectivity index (χ3n) is 8.88. The molecule has 2 N–H and O–H groups in total. The predicted octanol–water partition coefficient (Wildman–Crippen LogP) is 5.84. The molecule has 1 atom stereocenters. The molecule has 0 aromatic rings. The van der Waals surface area contributed by atoms with Gasteiger partial charge < -0.3 is 19.7 Å². The monoisotopic (exact) mass is 508 g/mol. The Kier molecular flexibility index (Phi) is 13.5. The van der Waals surface area contributed by atoms with Crippen molar-refractivity contribution in [1.29, 1.82) is 0 Å². The summed E-state index contributed by atoms with van der Waals surface area (Å²) in [7, 11) is 0. The third-order valence-corrected chi connectivity index (χ3v) is 8.88. The number of carbonyl (C=O) groups excluding carboxylic acids is 2. The van der Waals surface area contributed by atoms with Gasteiger partial charge in [-0.25, -0.2) is 4.79 Å². The highest BCUT2D eigenvalue weighted by Crippen LogP contribution is 2.44. The molecule has 0 saturated heterocycles. The molecule has 0 aliphatic heterocycles. The fourth-order valence-corrected chi connectivity index (χ4v) is 6.18. The Bertz CT molecular complexity index is 671. The van der Waals surface area contributed by atoms with E-state index in [2.05, 4.69) is 13.5 Å². The van der Waals surface area contributed by atoms with Crippen LogP contribution in [0, 0.1) is 35.0 Å². The van der Waals surface area contributed by atoms with Gasteiger partial charge in [-0.05, 0) is 94.8 Å². The molecule has 0 aromatic heterocycles. The largest absolute Gasteiger partial charge is 0.465 e. The second-order valence-electron chi connectivity index (χ2n) is 12.0. The van der Waals surface area contributed by atoms with E-state index in [0.29, 0.717) is 24.9 Å². The number of aliphatic hydroxyl groups excluding tert-OH is 2. The number of hydrogen-bond acceptors (Lipinski definition) is 6. The molecule has 36 heavy (non-hydrogen) atoms. The molecule has 2 saturated carbocycles. The van der Waals surface area contributed by atoms with Gasteiger partial charge in [0.05, 0.1) is 37.4 Å². The van der Waals surface area contributed by atoms with Crippen LogP contribution in [0.15, 0.2) is 12.2 Å². The maximum Gasteiger partial charge on any atom is 0.335 e. The van der Waals surface area contributed by atoms with E-state index in [-0.39, 0.29) is 24.8 Å². The summed E-state index contributed by atoms with van der Waals surface area (Å²) < 4.78 is 10.8. The molecule has 6 heteroatoms. The minimum Gasteiger partial charge on any atom is -0.465 e. The van der Waals surface area contributed by atoms with Crippen LogP contribution in [0.1, 0.15) is 104 Å². The van der Waals surface area contributed by atoms with Gasteiger partial charge in [-0.3, -0.25) is 4.79 Å². The Hall–Kier alpha value is -1.40. The Morgan fingerprint density at radius 2 is 1.47 bits per heavy atom. The molecule has 2 rings (SSSR count). The lowest BCUT2D eigenvalue weighted by molar-refractivity contribution is -0.156. The Labute approximate surface area is 219 Å². The van der Waals surface area contributed by atoms with E-state index in [1.807, 2.05) is 0 Å². The molecule has 0 heterocycles. The van der Waals surface area contributed by atoms with E-state index in [9.17, 15) is 14.7 Å². The summed E-state index contributed by atoms with van der Waals surface area (Å²) in [5.74, 6) is 2.57. The molecule has 2 aliphatic carbocycles. The van der Waals surface area contributed by atoms with Crippen molar-refractivity contribution in [3.05, 3.63) is 12.2 Å². The van der Waals surface area contributed by atoms with Crippen molar-refractivity contribution in [2.45, 2.75) is 104 Å². The summed E-state index contributed by atoms with van der Waals surface area (Å²) in [6, 6.07) is 0. The molecule has 0 radical (unpaired) electrons. The first kappa shape index (κ1) is 30.8. The minimum absolute atomic E-state index is 0.0663. The average molecular weight is 509 g/mol. The molecule has 0 amide bonds. The molecule has 2 aliphatic rings. The van der Waals surface area contributed by atoms with Crippen molar-refractivity contribution in [2.75, 3.05) is 26.4 Å². The Morgan fingerprint density at radius 3 is 2.00 bits per heavy atom. The Morgan fingerprint density at radius 1 is 0.917 bits per heavy atom. The smallest absolute Gasteiger partial charge is 0.335 e. The molecule has 208 valence electrons. The lowest BCUT2D eigenvalue weighted by atomic mass is 9.66. The normalized spacial score (nSPS) is 25.7. The van der Waals surface area contributed by atoms with Crippen molar-refractivity contribution >= 4 is 11.9 Å². The van der Waals surface area contributed by atoms with E-state index in [4.69, 9.17) is 14.6 Å². The van der Waals surface area contributed by atoms with Gasteiger partial charge in [-0.15, -0.1) is 0 Å². The first-order valence-corrected chi connectivity index (χ1v) is 14.5. The minimum atomic E-state index is -0.900. The lowest BCUT2D eigenvalue weighted by Gasteiger charge is -2.40. The lowest BCUT2D eigenvalue weighted by Crippen LogP contribution is -2.32. The van der Waals surface area contributed by atoms with E-state index in [0.717, 1.165) is 24.2 Å². The Balaban J connectivity index is 1.85. The topological polar surface area (TPSA) is 93.1 Å². The fraction of sp³-hybridized carbons (Fsp3) is 0.867. The summed E-state index contributed by atoms with van der Waals surface area (Å²) in [6.45, 7) is 9.12. The maximum atomic E-state index is 12.3. The van der Waals surface area contributed by atoms with Gasteiger partial charge >= 0.3 is 11.9 Å². The zero-order chi connectivity index (χ0) is 26.6. The zero-order valence-electron chi connectivity index (χ0n) is 23.1. The van der Waals surface area contributed by atoms with Gasteiger partial charge in [-0.1, -0.05) is 45.6 Å². The van der Waals surface area contributed by atoms with Gasteiger partial charge in [-0.2, -0.15) is 0 Å². The van der Waals surface area contributed by atoms with Crippen LogP contribution in [0.2, 0.25) is 0 Å². The van der Waals surface area contributed by atoms with Gasteiger partial charge in [0.2, 0.25) is 0 Å². The number of ether oxygens (including phenoxy) is 2. The van der Waals surface area contributed by atoms with Gasteiger partial charge in [0.25, 0.3) is 0 Å². The van der Waals surface area contributed by atoms with Crippen LogP contribution in [-0.2, 0) is 19.1 Å². The molecule has 0 bridgehead atoms. The number of aliphatic hydroxyl groups is 2. The van der Waals surface area contributed by atoms with Crippen molar-refractivity contribution in [3.8, 4) is 0 Å². The molecular formula is C30H52O6. The zero-order valence-corrected chi connectivity index (χ0v) is 23.1. The summed E-state index contributed by atoms with van der Waals surface area (Å²) in [4.78, 5) is 24.2. The first-order valence-electron chi connectivity index (χ1n) is 14.5. The maximum absolute atomic E-state index is 12.3. The molecule has 2 fully saturated rings. The van der Waals surface area contributed by atoms with Crippen molar-refractivity contribution in [3.63, 3.8) is 0 Å².